The van der Waals surface area contributed by atoms with Gasteiger partial charge in [0.2, 0.25) is 0 Å². The van der Waals surface area contributed by atoms with E-state index >= 15 is 0 Å². The highest BCUT2D eigenvalue weighted by Gasteiger charge is 2.04. The van der Waals surface area contributed by atoms with Gasteiger partial charge >= 0.3 is 0 Å². The van der Waals surface area contributed by atoms with Crippen molar-refractivity contribution in [3.05, 3.63) is 40.0 Å². The van der Waals surface area contributed by atoms with Gasteiger partial charge in [0.05, 0.1) is 5.52 Å². The number of aromatic nitrogens is 1. The summed E-state index contributed by atoms with van der Waals surface area (Å²) in [4.78, 5) is 4.45. The Bertz CT molecular complexity index is 463. The predicted octanol–water partition coefficient (Wildman–Crippen LogP) is 3.61. The van der Waals surface area contributed by atoms with Gasteiger partial charge in [0, 0.05) is 5.39 Å². The number of para-hydroxylation sites is 1. The maximum atomic E-state index is 4.45. The van der Waals surface area contributed by atoms with Crippen LogP contribution in [0.5, 0.6) is 0 Å². The van der Waals surface area contributed by atoms with Crippen molar-refractivity contribution in [2.24, 2.45) is 0 Å². The fraction of sp³-hybridized carbons (Fsp3) is 0.182. The summed E-state index contributed by atoms with van der Waals surface area (Å²) >= 11 is 3.46. The van der Waals surface area contributed by atoms with Gasteiger partial charge in [0.15, 0.2) is 0 Å². The largest absolute Gasteiger partial charge is 0.241 e. The lowest BCUT2D eigenvalue weighted by Crippen LogP contribution is -1.89. The average molecular weight is 236 g/mol. The molecule has 0 atom stereocenters. The molecule has 1 aromatic carbocycles. The predicted molar refractivity (Wildman–Crippen MR) is 58.9 cm³/mol. The minimum Gasteiger partial charge on any atom is -0.241 e. The molecule has 2 rings (SSSR count). The summed E-state index contributed by atoms with van der Waals surface area (Å²) in [5, 5.41) is 1.24. The van der Waals surface area contributed by atoms with Crippen molar-refractivity contribution in [2.45, 2.75) is 13.8 Å². The van der Waals surface area contributed by atoms with E-state index in [0.717, 1.165) is 10.1 Å². The van der Waals surface area contributed by atoms with Crippen LogP contribution in [-0.2, 0) is 0 Å². The van der Waals surface area contributed by atoms with Crippen LogP contribution in [0.2, 0.25) is 0 Å². The minimum absolute atomic E-state index is 0.948. The molecule has 0 unspecified atom stereocenters. The Morgan fingerprint density at radius 3 is 2.54 bits per heavy atom. The molecule has 0 aliphatic rings. The molecule has 1 nitrogen and oxygen atoms in total. The SMILES string of the molecule is Cc1c(Br)nc2ccccc2c1C. The number of pyridine rings is 1. The van der Waals surface area contributed by atoms with Gasteiger partial charge in [0.25, 0.3) is 0 Å². The third-order valence-electron chi connectivity index (χ3n) is 2.40. The van der Waals surface area contributed by atoms with Crippen LogP contribution in [0.4, 0.5) is 0 Å². The number of benzene rings is 1. The Morgan fingerprint density at radius 1 is 1.08 bits per heavy atom. The molecule has 0 aliphatic carbocycles. The Hall–Kier alpha value is -0.890. The highest BCUT2D eigenvalue weighted by atomic mass is 79.9. The highest BCUT2D eigenvalue weighted by molar-refractivity contribution is 9.10. The number of halogens is 1. The van der Waals surface area contributed by atoms with Crippen molar-refractivity contribution in [3.8, 4) is 0 Å². The third-order valence-corrected chi connectivity index (χ3v) is 3.17. The van der Waals surface area contributed by atoms with E-state index in [0.29, 0.717) is 0 Å². The molecule has 0 aliphatic heterocycles. The average Bonchev–Trinajstić information content (AvgIpc) is 2.15. The molecule has 13 heavy (non-hydrogen) atoms. The fourth-order valence-corrected chi connectivity index (χ4v) is 1.92. The molecule has 0 N–H and O–H groups in total. The number of hydrogen-bond acceptors (Lipinski definition) is 1. The third kappa shape index (κ3) is 1.35. The van der Waals surface area contributed by atoms with Crippen molar-refractivity contribution >= 4 is 26.8 Å². The molecule has 2 heteroatoms. The van der Waals surface area contributed by atoms with Crippen molar-refractivity contribution < 1.29 is 0 Å². The summed E-state index contributed by atoms with van der Waals surface area (Å²) in [5.74, 6) is 0. The highest BCUT2D eigenvalue weighted by Crippen LogP contribution is 2.24. The minimum atomic E-state index is 0.948. The fourth-order valence-electron chi connectivity index (χ4n) is 1.43. The van der Waals surface area contributed by atoms with E-state index in [9.17, 15) is 0 Å². The second-order valence-corrected chi connectivity index (χ2v) is 3.92. The van der Waals surface area contributed by atoms with Gasteiger partial charge < -0.3 is 0 Å². The van der Waals surface area contributed by atoms with E-state index < -0.39 is 0 Å². The van der Waals surface area contributed by atoms with E-state index in [-0.39, 0.29) is 0 Å². The topological polar surface area (TPSA) is 12.9 Å². The molecular formula is C11H10BrN. The molecule has 0 saturated carbocycles. The van der Waals surface area contributed by atoms with E-state index in [4.69, 9.17) is 0 Å². The molecule has 0 spiro atoms. The summed E-state index contributed by atoms with van der Waals surface area (Å²) < 4.78 is 0.948. The second-order valence-electron chi connectivity index (χ2n) is 3.17. The first-order valence-corrected chi connectivity index (χ1v) is 5.01. The van der Waals surface area contributed by atoms with Crippen LogP contribution in [0.25, 0.3) is 10.9 Å². The van der Waals surface area contributed by atoms with Crippen molar-refractivity contribution in [2.75, 3.05) is 0 Å². The van der Waals surface area contributed by atoms with Crippen LogP contribution in [0.3, 0.4) is 0 Å². The Morgan fingerprint density at radius 2 is 1.77 bits per heavy atom. The van der Waals surface area contributed by atoms with Crippen LogP contribution < -0.4 is 0 Å². The summed E-state index contributed by atoms with van der Waals surface area (Å²) in [6.45, 7) is 4.21. The summed E-state index contributed by atoms with van der Waals surface area (Å²) in [6.07, 6.45) is 0. The molecule has 0 fully saturated rings. The lowest BCUT2D eigenvalue weighted by molar-refractivity contribution is 1.23. The maximum absolute atomic E-state index is 4.45. The second kappa shape index (κ2) is 3.11. The van der Waals surface area contributed by atoms with Gasteiger partial charge in [-0.1, -0.05) is 18.2 Å². The molecule has 0 bridgehead atoms. The zero-order valence-electron chi connectivity index (χ0n) is 7.63. The zero-order chi connectivity index (χ0) is 9.42. The monoisotopic (exact) mass is 235 g/mol. The number of fused-ring (bicyclic) bond motifs is 1. The molecule has 0 radical (unpaired) electrons. The first-order valence-electron chi connectivity index (χ1n) is 4.21. The lowest BCUT2D eigenvalue weighted by atomic mass is 10.1. The lowest BCUT2D eigenvalue weighted by Gasteiger charge is -2.06. The van der Waals surface area contributed by atoms with Gasteiger partial charge in [-0.15, -0.1) is 0 Å². The molecule has 1 heterocycles. The van der Waals surface area contributed by atoms with Gasteiger partial charge in [-0.2, -0.15) is 0 Å². The molecule has 1 aromatic heterocycles. The molecule has 0 saturated heterocycles. The van der Waals surface area contributed by atoms with Crippen LogP contribution in [0, 0.1) is 13.8 Å². The molecular weight excluding hydrogens is 226 g/mol. The van der Waals surface area contributed by atoms with E-state index in [1.54, 1.807) is 0 Å². The number of hydrogen-bond donors (Lipinski definition) is 0. The Kier molecular flexibility index (Phi) is 2.08. The van der Waals surface area contributed by atoms with E-state index in [1.165, 1.54) is 16.5 Å². The standard InChI is InChI=1S/C11H10BrN/c1-7-8(2)11(12)13-10-6-4-3-5-9(7)10/h3-6H,1-2H3. The summed E-state index contributed by atoms with van der Waals surface area (Å²) in [5.41, 5.74) is 3.58. The van der Waals surface area contributed by atoms with Crippen molar-refractivity contribution in [3.63, 3.8) is 0 Å². The molecule has 2 aromatic rings. The van der Waals surface area contributed by atoms with E-state index in [1.807, 2.05) is 18.2 Å². The Balaban J connectivity index is 2.94. The molecule has 66 valence electrons. The first-order chi connectivity index (χ1) is 6.20. The first kappa shape index (κ1) is 8.70. The summed E-state index contributed by atoms with van der Waals surface area (Å²) in [6, 6.07) is 8.20. The maximum Gasteiger partial charge on any atom is 0.109 e. The number of rotatable bonds is 0. The molecule has 0 amide bonds. The smallest absolute Gasteiger partial charge is 0.109 e. The van der Waals surface area contributed by atoms with Gasteiger partial charge in [-0.3, -0.25) is 0 Å². The van der Waals surface area contributed by atoms with Crippen LogP contribution in [0.1, 0.15) is 11.1 Å². The van der Waals surface area contributed by atoms with Crippen molar-refractivity contribution in [1.29, 1.82) is 0 Å². The normalized spacial score (nSPS) is 10.7. The Labute approximate surface area is 85.9 Å². The van der Waals surface area contributed by atoms with Crippen LogP contribution >= 0.6 is 15.9 Å². The van der Waals surface area contributed by atoms with Crippen LogP contribution in [0.15, 0.2) is 28.9 Å². The quantitative estimate of drug-likeness (QED) is 0.636. The van der Waals surface area contributed by atoms with Gasteiger partial charge in [-0.05, 0) is 47.0 Å². The summed E-state index contributed by atoms with van der Waals surface area (Å²) in [7, 11) is 0. The van der Waals surface area contributed by atoms with E-state index in [2.05, 4.69) is 40.8 Å². The number of nitrogens with zero attached hydrogens (tertiary/aromatic N) is 1. The zero-order valence-corrected chi connectivity index (χ0v) is 9.22. The van der Waals surface area contributed by atoms with Crippen LogP contribution in [-0.4, -0.2) is 4.98 Å². The van der Waals surface area contributed by atoms with Crippen molar-refractivity contribution in [1.82, 2.24) is 4.98 Å². The van der Waals surface area contributed by atoms with Gasteiger partial charge in [0.1, 0.15) is 4.60 Å². The van der Waals surface area contributed by atoms with Gasteiger partial charge in [-0.25, -0.2) is 4.98 Å². The number of aryl methyl sites for hydroxylation is 1.